The zero-order valence-electron chi connectivity index (χ0n) is 10.8. The molecule has 1 heterocycles. The summed E-state index contributed by atoms with van der Waals surface area (Å²) in [5, 5.41) is 0. The van der Waals surface area contributed by atoms with Gasteiger partial charge in [0.05, 0.1) is 0 Å². The van der Waals surface area contributed by atoms with Gasteiger partial charge in [-0.3, -0.25) is 0 Å². The monoisotopic (exact) mass is 236 g/mol. The van der Waals surface area contributed by atoms with Crippen molar-refractivity contribution in [2.24, 2.45) is 0 Å². The van der Waals surface area contributed by atoms with E-state index in [-0.39, 0.29) is 17.9 Å². The number of carbonyl (C=O) groups is 2. The Morgan fingerprint density at radius 3 is 2.76 bits per heavy atom. The van der Waals surface area contributed by atoms with Crippen molar-refractivity contribution in [2.75, 3.05) is 0 Å². The van der Waals surface area contributed by atoms with E-state index >= 15 is 0 Å². The summed E-state index contributed by atoms with van der Waals surface area (Å²) in [6.45, 7) is 5.56. The van der Waals surface area contributed by atoms with E-state index in [9.17, 15) is 9.59 Å². The molecular weight excluding hydrogens is 216 g/mol. The van der Waals surface area contributed by atoms with Crippen LogP contribution in [0.1, 0.15) is 46.5 Å². The van der Waals surface area contributed by atoms with Crippen LogP contribution in [0, 0.1) is 0 Å². The van der Waals surface area contributed by atoms with Crippen LogP contribution in [0.25, 0.3) is 0 Å². The fraction of sp³-hybridized carbons (Fsp3) is 0.571. The summed E-state index contributed by atoms with van der Waals surface area (Å²) in [5.74, 6) is -0.0350. The zero-order chi connectivity index (χ0) is 12.8. The molecule has 17 heavy (non-hydrogen) atoms. The second kappa shape index (κ2) is 6.38. The van der Waals surface area contributed by atoms with Crippen LogP contribution in [0.4, 0.5) is 0 Å². The number of carbonyl (C=O) groups excluding carboxylic acids is 2. The average Bonchev–Trinajstić information content (AvgIpc) is 2.14. The van der Waals surface area contributed by atoms with Crippen LogP contribution in [0.5, 0.6) is 0 Å². The van der Waals surface area contributed by atoms with Gasteiger partial charge in [0.15, 0.2) is 0 Å². The van der Waals surface area contributed by atoms with Crippen LogP contribution >= 0.6 is 0 Å². The van der Waals surface area contributed by atoms with E-state index in [2.05, 4.69) is 0 Å². The number of Topliss-reactive ketones (excluding diaryl/α,β-unsaturated/α-hetero) is 1. The van der Waals surface area contributed by atoms with Gasteiger partial charge in [0.2, 0.25) is 0 Å². The molecule has 0 saturated carbocycles. The summed E-state index contributed by atoms with van der Waals surface area (Å²) < 4.78 is 5.20. The fourth-order valence-corrected chi connectivity index (χ4v) is 1.91. The van der Waals surface area contributed by atoms with Gasteiger partial charge in [0, 0.05) is 18.9 Å². The number of ether oxygens (including phenoxy) is 1. The molecule has 1 aliphatic rings. The molecule has 0 aromatic carbocycles. The number of esters is 1. The van der Waals surface area contributed by atoms with Gasteiger partial charge in [-0.1, -0.05) is 11.1 Å². The zero-order valence-corrected chi connectivity index (χ0v) is 10.8. The van der Waals surface area contributed by atoms with Gasteiger partial charge < -0.3 is 9.53 Å². The number of allylic oxidation sites excluding steroid dienone is 1. The highest BCUT2D eigenvalue weighted by atomic mass is 16.5. The number of hydrogen-bond acceptors (Lipinski definition) is 3. The normalized spacial score (nSPS) is 20.9. The first kappa shape index (κ1) is 13.7. The lowest BCUT2D eigenvalue weighted by Crippen LogP contribution is -2.20. The van der Waals surface area contributed by atoms with Crippen LogP contribution < -0.4 is 0 Å². The first-order valence-corrected chi connectivity index (χ1v) is 6.02. The van der Waals surface area contributed by atoms with Crippen molar-refractivity contribution in [3.05, 3.63) is 23.3 Å². The van der Waals surface area contributed by atoms with Crippen molar-refractivity contribution < 1.29 is 14.3 Å². The van der Waals surface area contributed by atoms with E-state index in [0.29, 0.717) is 6.42 Å². The Bertz CT molecular complexity index is 364. The molecule has 0 fully saturated rings. The molecule has 1 atom stereocenters. The number of cyclic esters (lactones) is 1. The van der Waals surface area contributed by atoms with Crippen molar-refractivity contribution in [3.63, 3.8) is 0 Å². The minimum atomic E-state index is -0.258. The standard InChI is InChI=1S/C14H20O3/c1-10(5-4-6-12(3)15)7-13-8-11(2)9-14(16)17-13/h7,9,13H,4-6,8H2,1-3H3. The minimum absolute atomic E-state index is 0.134. The highest BCUT2D eigenvalue weighted by molar-refractivity contribution is 5.83. The molecule has 0 aromatic rings. The van der Waals surface area contributed by atoms with Crippen molar-refractivity contribution >= 4 is 11.8 Å². The van der Waals surface area contributed by atoms with E-state index in [4.69, 9.17) is 4.74 Å². The molecule has 0 amide bonds. The topological polar surface area (TPSA) is 43.4 Å². The average molecular weight is 236 g/mol. The van der Waals surface area contributed by atoms with Gasteiger partial charge in [-0.15, -0.1) is 0 Å². The lowest BCUT2D eigenvalue weighted by Gasteiger charge is -2.19. The van der Waals surface area contributed by atoms with Gasteiger partial charge in [0.1, 0.15) is 11.9 Å². The van der Waals surface area contributed by atoms with Gasteiger partial charge in [-0.25, -0.2) is 4.79 Å². The number of ketones is 1. The van der Waals surface area contributed by atoms with E-state index in [0.717, 1.165) is 24.8 Å². The molecule has 1 aliphatic heterocycles. The molecule has 3 nitrogen and oxygen atoms in total. The third kappa shape index (κ3) is 5.48. The summed E-state index contributed by atoms with van der Waals surface area (Å²) in [4.78, 5) is 22.0. The molecular formula is C14H20O3. The van der Waals surface area contributed by atoms with E-state index in [1.807, 2.05) is 19.9 Å². The molecule has 0 spiro atoms. The van der Waals surface area contributed by atoms with Gasteiger partial charge >= 0.3 is 5.97 Å². The van der Waals surface area contributed by atoms with E-state index < -0.39 is 0 Å². The van der Waals surface area contributed by atoms with Crippen molar-refractivity contribution in [2.45, 2.75) is 52.6 Å². The van der Waals surface area contributed by atoms with Crippen molar-refractivity contribution in [3.8, 4) is 0 Å². The van der Waals surface area contributed by atoms with Crippen LogP contribution in [-0.2, 0) is 14.3 Å². The van der Waals surface area contributed by atoms with Crippen LogP contribution in [0.3, 0.4) is 0 Å². The molecule has 0 N–H and O–H groups in total. The largest absolute Gasteiger partial charge is 0.455 e. The fourth-order valence-electron chi connectivity index (χ4n) is 1.91. The SMILES string of the molecule is CC(=O)CCCC(C)=CC1CC(C)=CC(=O)O1. The summed E-state index contributed by atoms with van der Waals surface area (Å²) in [6, 6.07) is 0. The Morgan fingerprint density at radius 1 is 1.47 bits per heavy atom. The maximum Gasteiger partial charge on any atom is 0.331 e. The summed E-state index contributed by atoms with van der Waals surface area (Å²) >= 11 is 0. The summed E-state index contributed by atoms with van der Waals surface area (Å²) in [6.07, 6.45) is 6.54. The lowest BCUT2D eigenvalue weighted by atomic mass is 10.0. The second-order valence-corrected chi connectivity index (χ2v) is 4.74. The van der Waals surface area contributed by atoms with Gasteiger partial charge in [-0.05, 0) is 39.7 Å². The smallest absolute Gasteiger partial charge is 0.331 e. The summed E-state index contributed by atoms with van der Waals surface area (Å²) in [5.41, 5.74) is 2.23. The molecule has 94 valence electrons. The maximum absolute atomic E-state index is 11.2. The quantitative estimate of drug-likeness (QED) is 0.544. The molecule has 0 aliphatic carbocycles. The van der Waals surface area contributed by atoms with E-state index in [1.54, 1.807) is 6.92 Å². The molecule has 3 heteroatoms. The Kier molecular flexibility index (Phi) is 5.13. The molecule has 0 radical (unpaired) electrons. The lowest BCUT2D eigenvalue weighted by molar-refractivity contribution is -0.142. The van der Waals surface area contributed by atoms with Crippen LogP contribution in [0.2, 0.25) is 0 Å². The highest BCUT2D eigenvalue weighted by Gasteiger charge is 2.17. The molecule has 0 aromatic heterocycles. The number of rotatable bonds is 5. The Balaban J connectivity index is 2.43. The molecule has 0 saturated heterocycles. The van der Waals surface area contributed by atoms with Crippen LogP contribution in [0.15, 0.2) is 23.3 Å². The number of hydrogen-bond donors (Lipinski definition) is 0. The minimum Gasteiger partial charge on any atom is -0.455 e. The molecule has 0 bridgehead atoms. The Morgan fingerprint density at radius 2 is 2.18 bits per heavy atom. The third-order valence-electron chi connectivity index (χ3n) is 2.73. The van der Waals surface area contributed by atoms with Gasteiger partial charge in [-0.2, -0.15) is 0 Å². The molecule has 1 rings (SSSR count). The second-order valence-electron chi connectivity index (χ2n) is 4.74. The third-order valence-corrected chi connectivity index (χ3v) is 2.73. The highest BCUT2D eigenvalue weighted by Crippen LogP contribution is 2.18. The summed E-state index contributed by atoms with van der Waals surface area (Å²) in [7, 11) is 0. The first-order chi connectivity index (χ1) is 7.97. The van der Waals surface area contributed by atoms with Crippen molar-refractivity contribution in [1.29, 1.82) is 0 Å². The Hall–Kier alpha value is -1.38. The maximum atomic E-state index is 11.2. The predicted molar refractivity (Wildman–Crippen MR) is 66.5 cm³/mol. The molecule has 1 unspecified atom stereocenters. The van der Waals surface area contributed by atoms with Gasteiger partial charge in [0.25, 0.3) is 0 Å². The van der Waals surface area contributed by atoms with Crippen molar-refractivity contribution in [1.82, 2.24) is 0 Å². The van der Waals surface area contributed by atoms with Crippen LogP contribution in [-0.4, -0.2) is 17.9 Å². The predicted octanol–water partition coefficient (Wildman–Crippen LogP) is 2.95. The van der Waals surface area contributed by atoms with E-state index in [1.165, 1.54) is 11.6 Å². The first-order valence-electron chi connectivity index (χ1n) is 6.02. The Labute approximate surface area is 103 Å².